The van der Waals surface area contributed by atoms with Gasteiger partial charge in [-0.25, -0.2) is 0 Å². The zero-order chi connectivity index (χ0) is 10.1. The van der Waals surface area contributed by atoms with Gasteiger partial charge in [0.2, 0.25) is 0 Å². The quantitative estimate of drug-likeness (QED) is 0.658. The summed E-state index contributed by atoms with van der Waals surface area (Å²) in [6.07, 6.45) is 4.02. The van der Waals surface area contributed by atoms with Gasteiger partial charge >= 0.3 is 0 Å². The summed E-state index contributed by atoms with van der Waals surface area (Å²) < 4.78 is 2.17. The average molecular weight is 206 g/mol. The highest BCUT2D eigenvalue weighted by molar-refractivity contribution is 6.31. The summed E-state index contributed by atoms with van der Waals surface area (Å²) in [5.41, 5.74) is 2.47. The Balaban J connectivity index is 2.70. The lowest BCUT2D eigenvalue weighted by atomic mass is 10.2. The van der Waals surface area contributed by atoms with Crippen molar-refractivity contribution in [2.75, 3.05) is 0 Å². The van der Waals surface area contributed by atoms with Gasteiger partial charge in [0.05, 0.1) is 0 Å². The summed E-state index contributed by atoms with van der Waals surface area (Å²) in [7, 11) is 0. The largest absolute Gasteiger partial charge is 0.343 e. The zero-order valence-corrected chi connectivity index (χ0v) is 8.88. The molecule has 0 bridgehead atoms. The lowest BCUT2D eigenvalue weighted by Crippen LogP contribution is -1.91. The maximum absolute atomic E-state index is 5.95. The van der Waals surface area contributed by atoms with E-state index in [4.69, 9.17) is 11.6 Å². The summed E-state index contributed by atoms with van der Waals surface area (Å²) in [6.45, 7) is 6.68. The zero-order valence-electron chi connectivity index (χ0n) is 8.13. The molecule has 0 N–H and O–H groups in total. The summed E-state index contributed by atoms with van der Waals surface area (Å²) >= 11 is 5.95. The molecule has 0 radical (unpaired) electrons. The number of halogens is 1. The predicted octanol–water partition coefficient (Wildman–Crippen LogP) is 3.79. The number of aromatic nitrogens is 1. The van der Waals surface area contributed by atoms with Crippen LogP contribution in [-0.2, 0) is 6.54 Å². The Kier molecular flexibility index (Phi) is 2.34. The van der Waals surface area contributed by atoms with E-state index in [0.717, 1.165) is 11.6 Å². The lowest BCUT2D eigenvalue weighted by molar-refractivity contribution is 0.862. The smallest absolute Gasteiger partial charge is 0.0487 e. The maximum Gasteiger partial charge on any atom is 0.0487 e. The van der Waals surface area contributed by atoms with Gasteiger partial charge in [-0.3, -0.25) is 0 Å². The van der Waals surface area contributed by atoms with E-state index < -0.39 is 0 Å². The molecule has 0 fully saturated rings. The Morgan fingerprint density at radius 2 is 2.29 bits per heavy atom. The van der Waals surface area contributed by atoms with Gasteiger partial charge in [0.1, 0.15) is 0 Å². The number of hydrogen-bond acceptors (Lipinski definition) is 0. The predicted molar refractivity (Wildman–Crippen MR) is 61.9 cm³/mol. The summed E-state index contributed by atoms with van der Waals surface area (Å²) in [5, 5.41) is 2.01. The fraction of sp³-hybridized carbons (Fsp3) is 0.167. The van der Waals surface area contributed by atoms with Gasteiger partial charge in [0.25, 0.3) is 0 Å². The van der Waals surface area contributed by atoms with Crippen molar-refractivity contribution in [2.24, 2.45) is 0 Å². The number of benzene rings is 1. The lowest BCUT2D eigenvalue weighted by Gasteiger charge is -2.00. The Morgan fingerprint density at radius 1 is 1.50 bits per heavy atom. The Hall–Kier alpha value is -1.21. The Labute approximate surface area is 88.6 Å². The number of hydrogen-bond donors (Lipinski definition) is 0. The molecule has 0 unspecified atom stereocenters. The molecule has 1 nitrogen and oxygen atoms in total. The van der Waals surface area contributed by atoms with E-state index in [1.165, 1.54) is 16.5 Å². The van der Waals surface area contributed by atoms with Crippen LogP contribution in [0, 0.1) is 6.92 Å². The van der Waals surface area contributed by atoms with Crippen molar-refractivity contribution < 1.29 is 0 Å². The van der Waals surface area contributed by atoms with Crippen LogP contribution in [0.4, 0.5) is 0 Å². The highest BCUT2D eigenvalue weighted by atomic mass is 35.5. The molecule has 0 amide bonds. The molecule has 2 heteroatoms. The van der Waals surface area contributed by atoms with Gasteiger partial charge in [0.15, 0.2) is 0 Å². The van der Waals surface area contributed by atoms with Crippen LogP contribution < -0.4 is 0 Å². The van der Waals surface area contributed by atoms with E-state index in [-0.39, 0.29) is 0 Å². The van der Waals surface area contributed by atoms with Crippen LogP contribution in [0.1, 0.15) is 5.56 Å². The van der Waals surface area contributed by atoms with Crippen LogP contribution in [0.3, 0.4) is 0 Å². The maximum atomic E-state index is 5.95. The molecule has 0 spiro atoms. The molecule has 2 rings (SSSR count). The highest BCUT2D eigenvalue weighted by Crippen LogP contribution is 2.24. The van der Waals surface area contributed by atoms with Gasteiger partial charge in [-0.05, 0) is 30.7 Å². The Morgan fingerprint density at radius 3 is 3.00 bits per heavy atom. The van der Waals surface area contributed by atoms with Gasteiger partial charge < -0.3 is 4.57 Å². The van der Waals surface area contributed by atoms with E-state index in [2.05, 4.69) is 24.3 Å². The third-order valence-electron chi connectivity index (χ3n) is 2.37. The van der Waals surface area contributed by atoms with Crippen LogP contribution in [0.15, 0.2) is 37.1 Å². The molecule has 1 heterocycles. The monoisotopic (exact) mass is 205 g/mol. The second kappa shape index (κ2) is 3.50. The molecule has 72 valence electrons. The summed E-state index contributed by atoms with van der Waals surface area (Å²) in [6, 6.07) is 5.98. The molecular weight excluding hydrogens is 194 g/mol. The first kappa shape index (κ1) is 9.35. The van der Waals surface area contributed by atoms with E-state index in [0.29, 0.717) is 0 Å². The molecule has 0 atom stereocenters. The number of rotatable bonds is 2. The minimum atomic E-state index is 0.789. The fourth-order valence-corrected chi connectivity index (χ4v) is 1.91. The number of aryl methyl sites for hydroxylation is 1. The van der Waals surface area contributed by atoms with E-state index in [1.807, 2.05) is 24.3 Å². The molecule has 2 aromatic rings. The molecule has 14 heavy (non-hydrogen) atoms. The van der Waals surface area contributed by atoms with Crippen LogP contribution in [0.2, 0.25) is 5.02 Å². The second-order valence-corrected chi connectivity index (χ2v) is 3.85. The molecule has 1 aromatic carbocycles. The van der Waals surface area contributed by atoms with Crippen molar-refractivity contribution in [2.45, 2.75) is 13.5 Å². The number of fused-ring (bicyclic) bond motifs is 1. The van der Waals surface area contributed by atoms with Crippen LogP contribution >= 0.6 is 11.6 Å². The molecular formula is C12H12ClN. The van der Waals surface area contributed by atoms with Crippen LogP contribution in [0.5, 0.6) is 0 Å². The Bertz CT molecular complexity index is 482. The molecule has 0 aliphatic rings. The van der Waals surface area contributed by atoms with Crippen LogP contribution in [0.25, 0.3) is 10.9 Å². The van der Waals surface area contributed by atoms with Crippen molar-refractivity contribution in [3.8, 4) is 0 Å². The average Bonchev–Trinajstić information content (AvgIpc) is 2.44. The highest BCUT2D eigenvalue weighted by Gasteiger charge is 2.04. The normalized spacial score (nSPS) is 10.7. The van der Waals surface area contributed by atoms with Gasteiger partial charge in [-0.2, -0.15) is 0 Å². The van der Waals surface area contributed by atoms with E-state index in [1.54, 1.807) is 0 Å². The van der Waals surface area contributed by atoms with Crippen LogP contribution in [-0.4, -0.2) is 4.57 Å². The number of allylic oxidation sites excluding steroid dienone is 1. The molecule has 0 aliphatic carbocycles. The number of nitrogens with zero attached hydrogens (tertiary/aromatic N) is 1. The first-order valence-corrected chi connectivity index (χ1v) is 4.96. The third-order valence-corrected chi connectivity index (χ3v) is 2.60. The standard InChI is InChI=1S/C12H12ClN/c1-3-6-14-8-9(2)11-7-10(13)4-5-12(11)14/h3-5,7-8H,1,6H2,2H3. The molecule has 0 aliphatic heterocycles. The first-order valence-electron chi connectivity index (χ1n) is 4.58. The fourth-order valence-electron chi connectivity index (χ4n) is 1.74. The van der Waals surface area contributed by atoms with Crippen molar-refractivity contribution >= 4 is 22.5 Å². The second-order valence-electron chi connectivity index (χ2n) is 3.41. The SMILES string of the molecule is C=CCn1cc(C)c2cc(Cl)ccc21. The minimum Gasteiger partial charge on any atom is -0.343 e. The first-order chi connectivity index (χ1) is 6.72. The van der Waals surface area contributed by atoms with E-state index in [9.17, 15) is 0 Å². The molecule has 0 saturated carbocycles. The van der Waals surface area contributed by atoms with E-state index >= 15 is 0 Å². The van der Waals surface area contributed by atoms with Gasteiger partial charge in [-0.15, -0.1) is 6.58 Å². The van der Waals surface area contributed by atoms with Crippen molar-refractivity contribution in [3.63, 3.8) is 0 Å². The van der Waals surface area contributed by atoms with Crippen molar-refractivity contribution in [1.82, 2.24) is 4.57 Å². The van der Waals surface area contributed by atoms with Gasteiger partial charge in [0, 0.05) is 28.7 Å². The summed E-state index contributed by atoms with van der Waals surface area (Å²) in [5.74, 6) is 0. The minimum absolute atomic E-state index is 0.789. The molecule has 0 saturated heterocycles. The third kappa shape index (κ3) is 1.44. The van der Waals surface area contributed by atoms with Gasteiger partial charge in [-0.1, -0.05) is 17.7 Å². The topological polar surface area (TPSA) is 4.93 Å². The summed E-state index contributed by atoms with van der Waals surface area (Å²) in [4.78, 5) is 0. The van der Waals surface area contributed by atoms with Crippen molar-refractivity contribution in [1.29, 1.82) is 0 Å². The molecule has 1 aromatic heterocycles. The van der Waals surface area contributed by atoms with Crippen molar-refractivity contribution in [3.05, 3.63) is 47.6 Å².